The van der Waals surface area contributed by atoms with Crippen LogP contribution in [0.3, 0.4) is 0 Å². The summed E-state index contributed by atoms with van der Waals surface area (Å²) in [5.41, 5.74) is 0. The molecule has 1 aliphatic heterocycles. The van der Waals surface area contributed by atoms with E-state index >= 15 is 0 Å². The van der Waals surface area contributed by atoms with Gasteiger partial charge in [-0.3, -0.25) is 4.79 Å². The van der Waals surface area contributed by atoms with E-state index < -0.39 is 49.5 Å². The maximum absolute atomic E-state index is 13.1. The second-order valence-electron chi connectivity index (χ2n) is 22.9. The summed E-state index contributed by atoms with van der Waals surface area (Å²) in [5.74, 6) is -0.187. The van der Waals surface area contributed by atoms with E-state index in [1.807, 2.05) is 6.08 Å². The molecule has 9 nitrogen and oxygen atoms in total. The molecule has 7 atom stereocenters. The molecule has 1 amide bonds. The summed E-state index contributed by atoms with van der Waals surface area (Å²) in [6, 6.07) is -0.830. The highest BCUT2D eigenvalue weighted by molar-refractivity contribution is 5.76. The molecule has 1 fully saturated rings. The summed E-state index contributed by atoms with van der Waals surface area (Å²) < 4.78 is 11.3. The second kappa shape index (κ2) is 56.4. The number of nitrogens with one attached hydrogen (secondary N) is 1. The number of hydrogen-bond donors (Lipinski definition) is 6. The molecule has 0 aromatic heterocycles. The lowest BCUT2D eigenvalue weighted by atomic mass is 9.99. The van der Waals surface area contributed by atoms with Gasteiger partial charge in [0, 0.05) is 6.42 Å². The molecule has 1 rings (SSSR count). The van der Waals surface area contributed by atoms with Gasteiger partial charge in [-0.1, -0.05) is 287 Å². The first-order valence-corrected chi connectivity index (χ1v) is 32.9. The molecule has 1 heterocycles. The van der Waals surface area contributed by atoms with Crippen LogP contribution in [0.25, 0.3) is 0 Å². The van der Waals surface area contributed by atoms with Crippen molar-refractivity contribution in [3.63, 3.8) is 0 Å². The molecule has 0 aromatic rings. The molecule has 0 aliphatic carbocycles. The van der Waals surface area contributed by atoms with Gasteiger partial charge in [0.1, 0.15) is 24.4 Å². The summed E-state index contributed by atoms with van der Waals surface area (Å²) in [6.07, 6.45) is 69.2. The number of hydrogen-bond acceptors (Lipinski definition) is 8. The molecule has 76 heavy (non-hydrogen) atoms. The molecule has 1 aliphatic rings. The third-order valence-corrected chi connectivity index (χ3v) is 15.6. The van der Waals surface area contributed by atoms with Crippen LogP contribution in [0.15, 0.2) is 48.6 Å². The Morgan fingerprint density at radius 2 is 0.750 bits per heavy atom. The van der Waals surface area contributed by atoms with E-state index in [0.29, 0.717) is 6.42 Å². The van der Waals surface area contributed by atoms with Crippen molar-refractivity contribution in [1.29, 1.82) is 0 Å². The van der Waals surface area contributed by atoms with Gasteiger partial charge in [-0.2, -0.15) is 0 Å². The summed E-state index contributed by atoms with van der Waals surface area (Å²) in [6.45, 7) is 3.80. The standard InChI is InChI=1S/C67H125NO8/c1-3-5-7-9-11-13-15-17-19-21-23-25-27-29-30-31-32-33-35-37-39-41-43-45-47-49-51-53-55-57-63(71)68-60(59-75-67-66(74)65(73)64(72)62(58-69)76-67)61(70)56-54-52-50-48-46-44-42-40-38-36-34-28-26-24-22-20-18-16-14-12-10-8-6-4-2/h29-30,38,40,46,48,54,56,60-62,64-67,69-70,72-74H,3-28,31-37,39,41-45,47,49-53,55,57-59H2,1-2H3,(H,68,71)/b30-29-,40-38+,48-46+,56-54+. The average Bonchev–Trinajstić information content (AvgIpc) is 3.42. The minimum absolute atomic E-state index is 0.187. The number of ether oxygens (including phenoxy) is 2. The van der Waals surface area contributed by atoms with Gasteiger partial charge in [-0.15, -0.1) is 0 Å². The molecule has 0 bridgehead atoms. The third kappa shape index (κ3) is 44.9. The summed E-state index contributed by atoms with van der Waals surface area (Å²) in [5, 5.41) is 54.6. The second-order valence-corrected chi connectivity index (χ2v) is 22.9. The molecular weight excluding hydrogens is 947 g/mol. The average molecular weight is 1070 g/mol. The van der Waals surface area contributed by atoms with E-state index in [-0.39, 0.29) is 12.5 Å². The zero-order valence-electron chi connectivity index (χ0n) is 49.8. The number of unbranched alkanes of at least 4 members (excludes halogenated alkanes) is 41. The van der Waals surface area contributed by atoms with Crippen LogP contribution in [0, 0.1) is 0 Å². The molecule has 0 radical (unpaired) electrons. The van der Waals surface area contributed by atoms with Crippen molar-refractivity contribution in [3.8, 4) is 0 Å². The number of amides is 1. The molecule has 0 aromatic carbocycles. The fourth-order valence-electron chi connectivity index (χ4n) is 10.4. The Hall–Kier alpha value is -1.85. The van der Waals surface area contributed by atoms with E-state index in [0.717, 1.165) is 44.9 Å². The molecule has 0 spiro atoms. The lowest BCUT2D eigenvalue weighted by Crippen LogP contribution is -2.60. The fraction of sp³-hybridized carbons (Fsp3) is 0.866. The topological polar surface area (TPSA) is 149 Å². The number of rotatable bonds is 57. The predicted molar refractivity (Wildman–Crippen MR) is 323 cm³/mol. The molecule has 7 unspecified atom stereocenters. The number of aliphatic hydroxyl groups excluding tert-OH is 5. The summed E-state index contributed by atoms with van der Waals surface area (Å²) >= 11 is 0. The van der Waals surface area contributed by atoms with Crippen LogP contribution >= 0.6 is 0 Å². The highest BCUT2D eigenvalue weighted by Gasteiger charge is 2.44. The van der Waals surface area contributed by atoms with E-state index in [4.69, 9.17) is 9.47 Å². The molecule has 0 saturated carbocycles. The van der Waals surface area contributed by atoms with Crippen LogP contribution in [0.1, 0.15) is 316 Å². The Bertz CT molecular complexity index is 1340. The summed E-state index contributed by atoms with van der Waals surface area (Å²) in [4.78, 5) is 13.1. The van der Waals surface area contributed by atoms with Crippen molar-refractivity contribution in [2.24, 2.45) is 0 Å². The van der Waals surface area contributed by atoms with E-state index in [1.54, 1.807) is 6.08 Å². The maximum atomic E-state index is 13.1. The molecular formula is C67H125NO8. The molecule has 446 valence electrons. The Balaban J connectivity index is 2.19. The Morgan fingerprint density at radius 3 is 1.11 bits per heavy atom. The normalized spacial score (nSPS) is 19.1. The number of allylic oxidation sites excluding steroid dienone is 7. The maximum Gasteiger partial charge on any atom is 0.220 e. The van der Waals surface area contributed by atoms with Gasteiger partial charge in [-0.05, 0) is 70.6 Å². The predicted octanol–water partition coefficient (Wildman–Crippen LogP) is 17.2. The van der Waals surface area contributed by atoms with Crippen LogP contribution in [-0.4, -0.2) is 87.5 Å². The monoisotopic (exact) mass is 1070 g/mol. The molecule has 9 heteroatoms. The Labute approximate surface area is 469 Å². The minimum Gasteiger partial charge on any atom is -0.394 e. The highest BCUT2D eigenvalue weighted by atomic mass is 16.7. The van der Waals surface area contributed by atoms with Gasteiger partial charge in [0.25, 0.3) is 0 Å². The first kappa shape index (κ1) is 72.2. The van der Waals surface area contributed by atoms with Gasteiger partial charge < -0.3 is 40.3 Å². The minimum atomic E-state index is -1.58. The molecule has 6 N–H and O–H groups in total. The van der Waals surface area contributed by atoms with E-state index in [9.17, 15) is 30.3 Å². The number of carbonyl (C=O) groups is 1. The molecule has 1 saturated heterocycles. The Morgan fingerprint density at radius 1 is 0.434 bits per heavy atom. The van der Waals surface area contributed by atoms with Crippen molar-refractivity contribution in [1.82, 2.24) is 5.32 Å². The van der Waals surface area contributed by atoms with Crippen LogP contribution in [0.5, 0.6) is 0 Å². The van der Waals surface area contributed by atoms with Gasteiger partial charge in [0.05, 0.1) is 25.4 Å². The fourth-order valence-corrected chi connectivity index (χ4v) is 10.4. The zero-order chi connectivity index (χ0) is 55.0. The lowest BCUT2D eigenvalue weighted by molar-refractivity contribution is -0.302. The third-order valence-electron chi connectivity index (χ3n) is 15.6. The Kier molecular flexibility index (Phi) is 53.6. The first-order chi connectivity index (χ1) is 37.3. The largest absolute Gasteiger partial charge is 0.394 e. The van der Waals surface area contributed by atoms with Crippen LogP contribution in [-0.2, 0) is 14.3 Å². The van der Waals surface area contributed by atoms with Gasteiger partial charge in [0.15, 0.2) is 6.29 Å². The number of carbonyl (C=O) groups excluding carboxylic acids is 1. The first-order valence-electron chi connectivity index (χ1n) is 32.9. The summed E-state index contributed by atoms with van der Waals surface area (Å²) in [7, 11) is 0. The zero-order valence-corrected chi connectivity index (χ0v) is 49.8. The quantitative estimate of drug-likeness (QED) is 0.0261. The van der Waals surface area contributed by atoms with Crippen LogP contribution in [0.2, 0.25) is 0 Å². The lowest BCUT2D eigenvalue weighted by Gasteiger charge is -2.40. The van der Waals surface area contributed by atoms with Crippen LogP contribution < -0.4 is 5.32 Å². The van der Waals surface area contributed by atoms with Crippen molar-refractivity contribution in [2.45, 2.75) is 358 Å². The smallest absolute Gasteiger partial charge is 0.220 e. The van der Waals surface area contributed by atoms with Gasteiger partial charge in [-0.25, -0.2) is 0 Å². The van der Waals surface area contributed by atoms with Gasteiger partial charge >= 0.3 is 0 Å². The van der Waals surface area contributed by atoms with Crippen molar-refractivity contribution >= 4 is 5.91 Å². The van der Waals surface area contributed by atoms with Crippen molar-refractivity contribution in [2.75, 3.05) is 13.2 Å². The SMILES string of the molecule is CCCCCCCCCCCCCC/C=C\CCCCCCCCCCCCCCCC(=O)NC(COC1OC(CO)C(O)C(O)C1O)C(O)/C=C/CC/C=C/CC/C=C/CCCCCCCCCCCCCCCC. The number of aliphatic hydroxyl groups is 5. The van der Waals surface area contributed by atoms with Crippen LogP contribution in [0.4, 0.5) is 0 Å². The van der Waals surface area contributed by atoms with E-state index in [1.165, 1.54) is 250 Å². The van der Waals surface area contributed by atoms with Crippen molar-refractivity contribution < 1.29 is 39.8 Å². The van der Waals surface area contributed by atoms with Crippen molar-refractivity contribution in [3.05, 3.63) is 48.6 Å². The highest BCUT2D eigenvalue weighted by Crippen LogP contribution is 2.23. The van der Waals surface area contributed by atoms with Gasteiger partial charge in [0.2, 0.25) is 5.91 Å². The van der Waals surface area contributed by atoms with E-state index in [2.05, 4.69) is 55.6 Å².